The number of carbonyl (C=O) groups is 2. The van der Waals surface area contributed by atoms with Gasteiger partial charge in [0.05, 0.1) is 18.7 Å². The SMILES string of the molecule is COC(=O)C(C)(C)CC(=O)c1ncc(O)cc1OCc1ccccc1. The molecule has 0 unspecified atom stereocenters. The minimum absolute atomic E-state index is 0.0747. The minimum atomic E-state index is -0.984. The van der Waals surface area contributed by atoms with E-state index in [0.717, 1.165) is 5.56 Å². The number of carbonyl (C=O) groups excluding carboxylic acids is 2. The number of ether oxygens (including phenoxy) is 2. The first-order valence-electron chi connectivity index (χ1n) is 7.81. The average Bonchev–Trinajstić information content (AvgIpc) is 2.59. The Hall–Kier alpha value is -2.89. The molecule has 0 atom stereocenters. The Morgan fingerprint density at radius 2 is 1.88 bits per heavy atom. The highest BCUT2D eigenvalue weighted by atomic mass is 16.5. The Bertz CT molecular complexity index is 756. The highest BCUT2D eigenvalue weighted by molar-refractivity contribution is 5.99. The van der Waals surface area contributed by atoms with E-state index in [0.29, 0.717) is 0 Å². The van der Waals surface area contributed by atoms with Gasteiger partial charge in [0.1, 0.15) is 18.1 Å². The lowest BCUT2D eigenvalue weighted by Gasteiger charge is -2.20. The van der Waals surface area contributed by atoms with Gasteiger partial charge in [0, 0.05) is 12.5 Å². The predicted octanol–water partition coefficient (Wildman–Crippen LogP) is 3.14. The fourth-order valence-electron chi connectivity index (χ4n) is 2.32. The largest absolute Gasteiger partial charge is 0.506 e. The Morgan fingerprint density at radius 3 is 2.52 bits per heavy atom. The molecule has 6 nitrogen and oxygen atoms in total. The van der Waals surface area contributed by atoms with Crippen molar-refractivity contribution in [3.05, 3.63) is 53.9 Å². The van der Waals surface area contributed by atoms with Crippen LogP contribution in [0.5, 0.6) is 11.5 Å². The zero-order valence-electron chi connectivity index (χ0n) is 14.5. The number of rotatable bonds is 7. The third-order valence-corrected chi connectivity index (χ3v) is 3.68. The molecule has 1 heterocycles. The van der Waals surface area contributed by atoms with Gasteiger partial charge in [0.25, 0.3) is 0 Å². The molecule has 6 heteroatoms. The lowest BCUT2D eigenvalue weighted by Crippen LogP contribution is -2.29. The van der Waals surface area contributed by atoms with Gasteiger partial charge in [-0.15, -0.1) is 0 Å². The summed E-state index contributed by atoms with van der Waals surface area (Å²) in [7, 11) is 1.28. The number of benzene rings is 1. The summed E-state index contributed by atoms with van der Waals surface area (Å²) in [5, 5.41) is 9.65. The Kier molecular flexibility index (Phi) is 5.75. The summed E-state index contributed by atoms with van der Waals surface area (Å²) < 4.78 is 10.4. The Morgan fingerprint density at radius 1 is 1.20 bits per heavy atom. The van der Waals surface area contributed by atoms with Gasteiger partial charge in [0.2, 0.25) is 0 Å². The van der Waals surface area contributed by atoms with Crippen molar-refractivity contribution in [3.8, 4) is 11.5 Å². The molecule has 132 valence electrons. The molecule has 2 aromatic rings. The summed E-state index contributed by atoms with van der Waals surface area (Å²) in [4.78, 5) is 28.4. The predicted molar refractivity (Wildman–Crippen MR) is 91.4 cm³/mol. The zero-order valence-corrected chi connectivity index (χ0v) is 14.5. The number of aromatic hydroxyl groups is 1. The lowest BCUT2D eigenvalue weighted by molar-refractivity contribution is -0.150. The van der Waals surface area contributed by atoms with E-state index in [2.05, 4.69) is 4.98 Å². The van der Waals surface area contributed by atoms with Crippen LogP contribution in [0, 0.1) is 5.41 Å². The molecule has 0 aliphatic heterocycles. The third-order valence-electron chi connectivity index (χ3n) is 3.68. The Balaban J connectivity index is 2.20. The number of hydrogen-bond donors (Lipinski definition) is 1. The number of esters is 1. The summed E-state index contributed by atoms with van der Waals surface area (Å²) in [5.41, 5.74) is 0.00657. The van der Waals surface area contributed by atoms with Gasteiger partial charge in [-0.3, -0.25) is 9.59 Å². The van der Waals surface area contributed by atoms with Crippen molar-refractivity contribution < 1.29 is 24.2 Å². The van der Waals surface area contributed by atoms with E-state index < -0.39 is 11.4 Å². The van der Waals surface area contributed by atoms with E-state index in [4.69, 9.17) is 9.47 Å². The maximum Gasteiger partial charge on any atom is 0.311 e. The molecule has 1 aromatic carbocycles. The molecule has 25 heavy (non-hydrogen) atoms. The van der Waals surface area contributed by atoms with Gasteiger partial charge >= 0.3 is 5.97 Å². The molecule has 0 aliphatic carbocycles. The van der Waals surface area contributed by atoms with Gasteiger partial charge in [0.15, 0.2) is 11.5 Å². The molecular weight excluding hydrogens is 322 g/mol. The van der Waals surface area contributed by atoms with E-state index in [1.807, 2.05) is 30.3 Å². The van der Waals surface area contributed by atoms with Crippen LogP contribution >= 0.6 is 0 Å². The standard InChI is InChI=1S/C19H21NO5/c1-19(2,18(23)24-3)10-15(22)17-16(9-14(21)11-20-17)25-12-13-7-5-4-6-8-13/h4-9,11,21H,10,12H2,1-3H3. The lowest BCUT2D eigenvalue weighted by atomic mass is 9.86. The van der Waals surface area contributed by atoms with Gasteiger partial charge < -0.3 is 14.6 Å². The van der Waals surface area contributed by atoms with Crippen LogP contribution in [0.3, 0.4) is 0 Å². The normalized spacial score (nSPS) is 11.0. The molecule has 2 rings (SSSR count). The van der Waals surface area contributed by atoms with Crippen molar-refractivity contribution in [2.24, 2.45) is 5.41 Å². The molecule has 1 N–H and O–H groups in total. The first-order valence-corrected chi connectivity index (χ1v) is 7.81. The number of aromatic nitrogens is 1. The third kappa shape index (κ3) is 4.79. The van der Waals surface area contributed by atoms with Crippen molar-refractivity contribution in [1.82, 2.24) is 4.98 Å². The van der Waals surface area contributed by atoms with Gasteiger partial charge in [-0.25, -0.2) is 4.98 Å². The Labute approximate surface area is 146 Å². The maximum absolute atomic E-state index is 12.6. The average molecular weight is 343 g/mol. The van der Waals surface area contributed by atoms with E-state index >= 15 is 0 Å². The van der Waals surface area contributed by atoms with Gasteiger partial charge in [-0.2, -0.15) is 0 Å². The molecule has 0 saturated heterocycles. The number of methoxy groups -OCH3 is 1. The van der Waals surface area contributed by atoms with Crippen LogP contribution in [0.4, 0.5) is 0 Å². The van der Waals surface area contributed by atoms with Crippen molar-refractivity contribution >= 4 is 11.8 Å². The van der Waals surface area contributed by atoms with Gasteiger partial charge in [-0.1, -0.05) is 30.3 Å². The number of nitrogens with zero attached hydrogens (tertiary/aromatic N) is 1. The van der Waals surface area contributed by atoms with E-state index in [-0.39, 0.29) is 36.0 Å². The maximum atomic E-state index is 12.6. The number of Topliss-reactive ketones (excluding diaryl/α,β-unsaturated/α-hetero) is 1. The number of ketones is 1. The number of hydrogen-bond acceptors (Lipinski definition) is 6. The van der Waals surface area contributed by atoms with Crippen LogP contribution < -0.4 is 4.74 Å². The van der Waals surface area contributed by atoms with Crippen LogP contribution in [0.2, 0.25) is 0 Å². The molecule has 0 aliphatic rings. The quantitative estimate of drug-likeness (QED) is 0.614. The highest BCUT2D eigenvalue weighted by Gasteiger charge is 2.33. The molecule has 0 radical (unpaired) electrons. The first kappa shape index (κ1) is 18.4. The second-order valence-corrected chi connectivity index (χ2v) is 6.29. The zero-order chi connectivity index (χ0) is 18.4. The summed E-state index contributed by atoms with van der Waals surface area (Å²) in [6.07, 6.45) is 1.09. The van der Waals surface area contributed by atoms with E-state index in [9.17, 15) is 14.7 Å². The summed E-state index contributed by atoms with van der Waals surface area (Å²) in [5.74, 6) is -0.772. The first-order chi connectivity index (χ1) is 11.8. The fraction of sp³-hybridized carbons (Fsp3) is 0.316. The van der Waals surface area contributed by atoms with Gasteiger partial charge in [-0.05, 0) is 19.4 Å². The molecular formula is C19H21NO5. The minimum Gasteiger partial charge on any atom is -0.506 e. The monoisotopic (exact) mass is 343 g/mol. The molecule has 0 amide bonds. The van der Waals surface area contributed by atoms with Crippen molar-refractivity contribution in [2.75, 3.05) is 7.11 Å². The van der Waals surface area contributed by atoms with Crippen LogP contribution in [-0.2, 0) is 16.1 Å². The van der Waals surface area contributed by atoms with E-state index in [1.165, 1.54) is 19.4 Å². The summed E-state index contributed by atoms with van der Waals surface area (Å²) >= 11 is 0. The summed E-state index contributed by atoms with van der Waals surface area (Å²) in [6.45, 7) is 3.48. The highest BCUT2D eigenvalue weighted by Crippen LogP contribution is 2.29. The second-order valence-electron chi connectivity index (χ2n) is 6.29. The van der Waals surface area contributed by atoms with E-state index in [1.54, 1.807) is 13.8 Å². The van der Waals surface area contributed by atoms with Crippen molar-refractivity contribution in [3.63, 3.8) is 0 Å². The molecule has 0 bridgehead atoms. The molecule has 1 aromatic heterocycles. The van der Waals surface area contributed by atoms with Crippen LogP contribution in [0.15, 0.2) is 42.6 Å². The topological polar surface area (TPSA) is 85.7 Å². The van der Waals surface area contributed by atoms with Crippen LogP contribution in [0.1, 0.15) is 36.3 Å². The second kappa shape index (κ2) is 7.79. The summed E-state index contributed by atoms with van der Waals surface area (Å²) in [6, 6.07) is 10.8. The van der Waals surface area contributed by atoms with Crippen LogP contribution in [0.25, 0.3) is 0 Å². The molecule has 0 fully saturated rings. The smallest absolute Gasteiger partial charge is 0.311 e. The van der Waals surface area contributed by atoms with Crippen molar-refractivity contribution in [1.29, 1.82) is 0 Å². The van der Waals surface area contributed by atoms with Crippen LogP contribution in [-0.4, -0.2) is 29.0 Å². The van der Waals surface area contributed by atoms with Crippen molar-refractivity contribution in [2.45, 2.75) is 26.9 Å². The fourth-order valence-corrected chi connectivity index (χ4v) is 2.32. The molecule has 0 spiro atoms. The number of pyridine rings is 1. The molecule has 0 saturated carbocycles.